The molecule has 1 atom stereocenters. The molecule has 2 heterocycles. The Morgan fingerprint density at radius 1 is 1.26 bits per heavy atom. The molecule has 3 rings (SSSR count). The van der Waals surface area contributed by atoms with Crippen molar-refractivity contribution in [3.8, 4) is 5.75 Å². The van der Waals surface area contributed by atoms with Gasteiger partial charge >= 0.3 is 0 Å². The molecule has 11 heteroatoms. The molecule has 0 bridgehead atoms. The summed E-state index contributed by atoms with van der Waals surface area (Å²) in [7, 11) is 1.43. The number of hydrogen-bond donors (Lipinski definition) is 2. The van der Waals surface area contributed by atoms with Gasteiger partial charge in [-0.3, -0.25) is 19.7 Å². The molecule has 10 nitrogen and oxygen atoms in total. The van der Waals surface area contributed by atoms with Crippen molar-refractivity contribution < 1.29 is 19.2 Å². The van der Waals surface area contributed by atoms with Crippen LogP contribution in [0.1, 0.15) is 32.1 Å². The number of rotatable bonds is 6. The van der Waals surface area contributed by atoms with E-state index in [1.165, 1.54) is 19.2 Å². The van der Waals surface area contributed by atoms with Crippen molar-refractivity contribution in [1.29, 1.82) is 0 Å². The van der Waals surface area contributed by atoms with Crippen molar-refractivity contribution in [2.75, 3.05) is 38.6 Å². The molecule has 1 aromatic rings. The molecule has 2 aliphatic rings. The van der Waals surface area contributed by atoms with Crippen LogP contribution in [0.25, 0.3) is 0 Å². The molecule has 0 aromatic heterocycles. The Labute approximate surface area is 186 Å². The van der Waals surface area contributed by atoms with Gasteiger partial charge in [0.25, 0.3) is 5.69 Å². The van der Waals surface area contributed by atoms with Crippen molar-refractivity contribution in [2.45, 2.75) is 38.1 Å². The number of benzene rings is 1. The Morgan fingerprint density at radius 2 is 1.97 bits per heavy atom. The number of likely N-dealkylation sites (tertiary alicyclic amines) is 2. The molecule has 2 fully saturated rings. The third-order valence-corrected chi connectivity index (χ3v) is 5.74. The lowest BCUT2D eigenvalue weighted by Gasteiger charge is -2.27. The zero-order chi connectivity index (χ0) is 22.4. The average molecular weight is 450 g/mol. The quantitative estimate of drug-likeness (QED) is 0.384. The van der Waals surface area contributed by atoms with Crippen LogP contribution in [0.4, 0.5) is 11.4 Å². The zero-order valence-corrected chi connectivity index (χ0v) is 18.3. The van der Waals surface area contributed by atoms with E-state index in [0.717, 1.165) is 38.8 Å². The molecule has 0 spiro atoms. The maximum absolute atomic E-state index is 13.0. The maximum Gasteiger partial charge on any atom is 0.296 e. The highest BCUT2D eigenvalue weighted by Crippen LogP contribution is 2.29. The second kappa shape index (κ2) is 10.4. The molecular formula is C20H27N5O5S. The summed E-state index contributed by atoms with van der Waals surface area (Å²) in [6.07, 6.45) is 4.19. The molecule has 31 heavy (non-hydrogen) atoms. The average Bonchev–Trinajstić information content (AvgIpc) is 3.24. The maximum atomic E-state index is 13.0. The van der Waals surface area contributed by atoms with Crippen molar-refractivity contribution in [1.82, 2.24) is 15.1 Å². The van der Waals surface area contributed by atoms with E-state index in [1.54, 1.807) is 15.9 Å². The molecule has 2 amide bonds. The molecule has 2 aliphatic heterocycles. The lowest BCUT2D eigenvalue weighted by atomic mass is 10.1. The Hall–Kier alpha value is -2.95. The van der Waals surface area contributed by atoms with Gasteiger partial charge in [-0.2, -0.15) is 0 Å². The second-order valence-corrected chi connectivity index (χ2v) is 8.04. The number of nitro benzene ring substituents is 1. The highest BCUT2D eigenvalue weighted by atomic mass is 32.1. The molecule has 0 radical (unpaired) electrons. The van der Waals surface area contributed by atoms with Gasteiger partial charge in [0.2, 0.25) is 11.8 Å². The summed E-state index contributed by atoms with van der Waals surface area (Å²) in [5.74, 6) is 0.146. The van der Waals surface area contributed by atoms with E-state index < -0.39 is 11.0 Å². The minimum absolute atomic E-state index is 0.0268. The molecule has 0 saturated carbocycles. The SMILES string of the molecule is COc1ccc(NC(=S)NC2CCCCN(CC(=O)N3CCCC3)C2=O)c([N+](=O)[O-])c1. The molecular weight excluding hydrogens is 422 g/mol. The van der Waals surface area contributed by atoms with Gasteiger partial charge in [0.05, 0.1) is 24.6 Å². The number of nitrogens with one attached hydrogen (secondary N) is 2. The number of nitro groups is 1. The smallest absolute Gasteiger partial charge is 0.296 e. The van der Waals surface area contributed by atoms with E-state index in [4.69, 9.17) is 17.0 Å². The topological polar surface area (TPSA) is 117 Å². The highest BCUT2D eigenvalue weighted by Gasteiger charge is 2.30. The van der Waals surface area contributed by atoms with E-state index in [1.807, 2.05) is 0 Å². The standard InChI is InChI=1S/C20H27N5O5S/c1-30-14-7-8-15(17(12-14)25(28)29)21-20(31)22-16-6-2-3-11-24(19(16)27)13-18(26)23-9-4-5-10-23/h7-8,12,16H,2-6,9-11,13H2,1H3,(H2,21,22,31). The first kappa shape index (κ1) is 22.7. The third-order valence-electron chi connectivity index (χ3n) is 5.52. The first-order valence-corrected chi connectivity index (χ1v) is 10.8. The number of anilines is 1. The highest BCUT2D eigenvalue weighted by molar-refractivity contribution is 7.80. The summed E-state index contributed by atoms with van der Waals surface area (Å²) in [5, 5.41) is 17.3. The summed E-state index contributed by atoms with van der Waals surface area (Å²) in [6.45, 7) is 2.09. The fourth-order valence-electron chi connectivity index (χ4n) is 3.84. The van der Waals surface area contributed by atoms with Crippen LogP contribution >= 0.6 is 12.2 Å². The van der Waals surface area contributed by atoms with Crippen molar-refractivity contribution in [3.63, 3.8) is 0 Å². The molecule has 1 aromatic carbocycles. The van der Waals surface area contributed by atoms with Crippen LogP contribution in [-0.4, -0.2) is 71.0 Å². The van der Waals surface area contributed by atoms with Crippen LogP contribution in [-0.2, 0) is 9.59 Å². The largest absolute Gasteiger partial charge is 0.496 e. The predicted octanol–water partition coefficient (Wildman–Crippen LogP) is 1.89. The van der Waals surface area contributed by atoms with Gasteiger partial charge in [0.1, 0.15) is 17.5 Å². The van der Waals surface area contributed by atoms with Crippen LogP contribution in [0.2, 0.25) is 0 Å². The van der Waals surface area contributed by atoms with Crippen LogP contribution in [0.3, 0.4) is 0 Å². The zero-order valence-electron chi connectivity index (χ0n) is 17.5. The van der Waals surface area contributed by atoms with Gasteiger partial charge in [0.15, 0.2) is 5.11 Å². The van der Waals surface area contributed by atoms with E-state index in [9.17, 15) is 19.7 Å². The fourth-order valence-corrected chi connectivity index (χ4v) is 4.09. The number of nitrogens with zero attached hydrogens (tertiary/aromatic N) is 3. The number of carbonyl (C=O) groups excluding carboxylic acids is 2. The van der Waals surface area contributed by atoms with Crippen LogP contribution in [0.15, 0.2) is 18.2 Å². The van der Waals surface area contributed by atoms with Gasteiger partial charge in [-0.1, -0.05) is 0 Å². The van der Waals surface area contributed by atoms with Gasteiger partial charge in [-0.05, 0) is 56.5 Å². The molecule has 2 N–H and O–H groups in total. The van der Waals surface area contributed by atoms with E-state index in [2.05, 4.69) is 10.6 Å². The lowest BCUT2D eigenvalue weighted by molar-refractivity contribution is -0.384. The van der Waals surface area contributed by atoms with Gasteiger partial charge in [-0.25, -0.2) is 0 Å². The van der Waals surface area contributed by atoms with Crippen molar-refractivity contribution in [2.24, 2.45) is 0 Å². The van der Waals surface area contributed by atoms with Crippen molar-refractivity contribution in [3.05, 3.63) is 28.3 Å². The first-order valence-electron chi connectivity index (χ1n) is 10.4. The Bertz CT molecular complexity index is 858. The number of methoxy groups -OCH3 is 1. The normalized spacial score (nSPS) is 19.0. The van der Waals surface area contributed by atoms with Crippen LogP contribution in [0, 0.1) is 10.1 Å². The van der Waals surface area contributed by atoms with Gasteiger partial charge < -0.3 is 25.2 Å². The number of carbonyl (C=O) groups is 2. The second-order valence-electron chi connectivity index (χ2n) is 7.63. The third kappa shape index (κ3) is 5.81. The molecule has 0 aliphatic carbocycles. The molecule has 168 valence electrons. The van der Waals surface area contributed by atoms with E-state index >= 15 is 0 Å². The Morgan fingerprint density at radius 3 is 2.65 bits per heavy atom. The summed E-state index contributed by atoms with van der Waals surface area (Å²) in [4.78, 5) is 39.7. The summed E-state index contributed by atoms with van der Waals surface area (Å²) < 4.78 is 5.03. The summed E-state index contributed by atoms with van der Waals surface area (Å²) in [6, 6.07) is 3.79. The number of ether oxygens (including phenoxy) is 1. The number of thiocarbonyl (C=S) groups is 1. The predicted molar refractivity (Wildman–Crippen MR) is 119 cm³/mol. The number of amides is 2. The summed E-state index contributed by atoms with van der Waals surface area (Å²) >= 11 is 5.31. The first-order chi connectivity index (χ1) is 14.9. The minimum Gasteiger partial charge on any atom is -0.496 e. The summed E-state index contributed by atoms with van der Waals surface area (Å²) in [5.41, 5.74) is 0.0129. The fraction of sp³-hybridized carbons (Fsp3) is 0.550. The van der Waals surface area contributed by atoms with Gasteiger partial charge in [0, 0.05) is 19.6 Å². The molecule has 1 unspecified atom stereocenters. The van der Waals surface area contributed by atoms with Gasteiger partial charge in [-0.15, -0.1) is 0 Å². The van der Waals surface area contributed by atoms with Crippen LogP contribution < -0.4 is 15.4 Å². The monoisotopic (exact) mass is 449 g/mol. The molecule has 2 saturated heterocycles. The van der Waals surface area contributed by atoms with E-state index in [-0.39, 0.29) is 34.8 Å². The number of hydrogen-bond acceptors (Lipinski definition) is 6. The van der Waals surface area contributed by atoms with Crippen LogP contribution in [0.5, 0.6) is 5.75 Å². The Balaban J connectivity index is 1.64. The van der Waals surface area contributed by atoms with E-state index in [0.29, 0.717) is 18.7 Å². The Kier molecular flexibility index (Phi) is 7.61. The minimum atomic E-state index is -0.591. The van der Waals surface area contributed by atoms with Crippen molar-refractivity contribution >= 4 is 40.5 Å². The lowest BCUT2D eigenvalue weighted by Crippen LogP contribution is -2.51.